The second-order valence-corrected chi connectivity index (χ2v) is 8.52. The Morgan fingerprint density at radius 2 is 1.91 bits per heavy atom. The molecule has 0 aromatic carbocycles. The quantitative estimate of drug-likeness (QED) is 0.637. The summed E-state index contributed by atoms with van der Waals surface area (Å²) in [6.45, 7) is 2.91. The van der Waals surface area contributed by atoms with E-state index in [0.717, 1.165) is 27.6 Å². The van der Waals surface area contributed by atoms with Gasteiger partial charge in [-0.05, 0) is 18.6 Å². The highest BCUT2D eigenvalue weighted by Crippen LogP contribution is 2.32. The Bertz CT molecular complexity index is 1150. The zero-order valence-corrected chi connectivity index (χ0v) is 17.7. The highest BCUT2D eigenvalue weighted by molar-refractivity contribution is 6.10. The number of primary amides is 1. The number of hydrogen-bond donors (Lipinski definition) is 2. The minimum absolute atomic E-state index is 0.0668. The molecule has 32 heavy (non-hydrogen) atoms. The topological polar surface area (TPSA) is 131 Å². The van der Waals surface area contributed by atoms with E-state index in [2.05, 4.69) is 19.9 Å². The van der Waals surface area contributed by atoms with Gasteiger partial charge in [-0.3, -0.25) is 9.78 Å². The number of amides is 3. The number of piperidine rings is 1. The van der Waals surface area contributed by atoms with Gasteiger partial charge in [-0.15, -0.1) is 0 Å². The summed E-state index contributed by atoms with van der Waals surface area (Å²) >= 11 is 0. The molecule has 10 heteroatoms. The van der Waals surface area contributed by atoms with E-state index in [-0.39, 0.29) is 6.03 Å². The predicted octanol–water partition coefficient (Wildman–Crippen LogP) is 1.21. The SMILES string of the molecule is NC(=O)C1CCN(C(=O)N2CCN(c3ccnc4cnc5[nH]ccc5c34)CC2)CC1C[O]. The predicted molar refractivity (Wildman–Crippen MR) is 118 cm³/mol. The number of piperazine rings is 1. The number of aromatic amines is 1. The number of urea groups is 1. The van der Waals surface area contributed by atoms with Crippen LogP contribution in [0.2, 0.25) is 0 Å². The van der Waals surface area contributed by atoms with Crippen LogP contribution in [0.25, 0.3) is 21.9 Å². The molecule has 3 amide bonds. The third-order valence-electron chi connectivity index (χ3n) is 6.74. The number of nitrogens with two attached hydrogens (primary N) is 1. The first kappa shape index (κ1) is 20.5. The molecule has 5 heterocycles. The Balaban J connectivity index is 1.29. The van der Waals surface area contributed by atoms with Crippen molar-refractivity contribution in [3.63, 3.8) is 0 Å². The smallest absolute Gasteiger partial charge is 0.320 e. The molecule has 2 aliphatic rings. The lowest BCUT2D eigenvalue weighted by Crippen LogP contribution is -2.56. The van der Waals surface area contributed by atoms with Crippen molar-refractivity contribution in [1.82, 2.24) is 24.8 Å². The van der Waals surface area contributed by atoms with Gasteiger partial charge in [0.05, 0.1) is 18.3 Å². The molecule has 2 unspecified atom stereocenters. The number of aromatic nitrogens is 3. The number of nitrogens with zero attached hydrogens (tertiary/aromatic N) is 5. The Hall–Kier alpha value is -3.40. The summed E-state index contributed by atoms with van der Waals surface area (Å²) in [6, 6.07) is 3.96. The van der Waals surface area contributed by atoms with Crippen LogP contribution in [0.5, 0.6) is 0 Å². The molecule has 2 saturated heterocycles. The Kier molecular flexibility index (Phi) is 5.30. The standard InChI is InChI=1S/C22H26N7O3/c23-20(31)15-3-6-29(12-14(15)13-30)22(32)28-9-7-27(8-10-28)18-2-5-24-17-11-26-21-16(19(17)18)1-4-25-21/h1-2,4-5,11,14-15H,3,6-10,12-13H2,(H2,23,31)(H,25,26). The van der Waals surface area contributed by atoms with Crippen molar-refractivity contribution < 1.29 is 14.7 Å². The zero-order chi connectivity index (χ0) is 22.2. The van der Waals surface area contributed by atoms with Crippen LogP contribution in [-0.4, -0.2) is 82.6 Å². The van der Waals surface area contributed by atoms with Crippen LogP contribution in [0.1, 0.15) is 6.42 Å². The molecular formula is C22H26N7O3. The average molecular weight is 436 g/mol. The lowest BCUT2D eigenvalue weighted by atomic mass is 9.85. The van der Waals surface area contributed by atoms with E-state index in [1.807, 2.05) is 23.2 Å². The Morgan fingerprint density at radius 1 is 1.09 bits per heavy atom. The Labute approximate surface area is 185 Å². The minimum atomic E-state index is -0.442. The Morgan fingerprint density at radius 3 is 2.66 bits per heavy atom. The molecule has 5 rings (SSSR count). The maximum Gasteiger partial charge on any atom is 0.320 e. The van der Waals surface area contributed by atoms with Crippen molar-refractivity contribution in [3.8, 4) is 0 Å². The van der Waals surface area contributed by atoms with Crippen molar-refractivity contribution in [2.45, 2.75) is 6.42 Å². The number of carbonyl (C=O) groups excluding carboxylic acids is 2. The third-order valence-corrected chi connectivity index (χ3v) is 6.74. The number of rotatable bonds is 3. The van der Waals surface area contributed by atoms with Gasteiger partial charge in [0.2, 0.25) is 5.91 Å². The first-order valence-corrected chi connectivity index (χ1v) is 10.9. The molecule has 167 valence electrons. The summed E-state index contributed by atoms with van der Waals surface area (Å²) in [6.07, 6.45) is 5.90. The van der Waals surface area contributed by atoms with E-state index in [4.69, 9.17) is 5.73 Å². The van der Waals surface area contributed by atoms with Crippen LogP contribution in [0.15, 0.2) is 30.7 Å². The van der Waals surface area contributed by atoms with Gasteiger partial charge in [0.15, 0.2) is 0 Å². The summed E-state index contributed by atoms with van der Waals surface area (Å²) in [4.78, 5) is 42.5. The number of H-pyrrole nitrogens is 1. The second kappa shape index (κ2) is 8.27. The number of pyridine rings is 2. The molecule has 2 atom stereocenters. The highest BCUT2D eigenvalue weighted by atomic mass is 16.3. The van der Waals surface area contributed by atoms with Crippen LogP contribution < -0.4 is 10.6 Å². The van der Waals surface area contributed by atoms with Crippen molar-refractivity contribution in [2.75, 3.05) is 50.8 Å². The lowest BCUT2D eigenvalue weighted by molar-refractivity contribution is -0.126. The molecule has 0 spiro atoms. The molecule has 2 aliphatic heterocycles. The summed E-state index contributed by atoms with van der Waals surface area (Å²) in [5, 5.41) is 13.6. The molecule has 2 fully saturated rings. The van der Waals surface area contributed by atoms with Crippen molar-refractivity contribution in [2.24, 2.45) is 17.6 Å². The number of hydrogen-bond acceptors (Lipinski definition) is 5. The summed E-state index contributed by atoms with van der Waals surface area (Å²) in [7, 11) is 0. The fourth-order valence-corrected chi connectivity index (χ4v) is 4.99. The van der Waals surface area contributed by atoms with Gasteiger partial charge in [-0.2, -0.15) is 0 Å². The van der Waals surface area contributed by atoms with Gasteiger partial charge in [-0.25, -0.2) is 14.9 Å². The van der Waals surface area contributed by atoms with E-state index in [1.165, 1.54) is 0 Å². The number of anilines is 1. The van der Waals surface area contributed by atoms with Gasteiger partial charge in [-0.1, -0.05) is 0 Å². The monoisotopic (exact) mass is 436 g/mol. The van der Waals surface area contributed by atoms with E-state index >= 15 is 0 Å². The maximum atomic E-state index is 13.1. The summed E-state index contributed by atoms with van der Waals surface area (Å²) < 4.78 is 0. The van der Waals surface area contributed by atoms with Crippen molar-refractivity contribution in [1.29, 1.82) is 0 Å². The van der Waals surface area contributed by atoms with E-state index in [9.17, 15) is 14.7 Å². The molecule has 3 aromatic rings. The summed E-state index contributed by atoms with van der Waals surface area (Å²) in [5.41, 5.74) is 8.18. The second-order valence-electron chi connectivity index (χ2n) is 8.52. The molecule has 0 aliphatic carbocycles. The third kappa shape index (κ3) is 3.50. The largest absolute Gasteiger partial charge is 0.369 e. The molecule has 0 saturated carbocycles. The highest BCUT2D eigenvalue weighted by Gasteiger charge is 2.36. The normalized spacial score (nSPS) is 22.0. The molecule has 3 aromatic heterocycles. The zero-order valence-electron chi connectivity index (χ0n) is 17.7. The number of fused-ring (bicyclic) bond motifs is 3. The number of nitrogens with one attached hydrogen (secondary N) is 1. The van der Waals surface area contributed by atoms with Gasteiger partial charge in [0.25, 0.3) is 0 Å². The van der Waals surface area contributed by atoms with Crippen LogP contribution in [0.4, 0.5) is 10.5 Å². The molecule has 1 radical (unpaired) electrons. The van der Waals surface area contributed by atoms with E-state index in [0.29, 0.717) is 45.7 Å². The van der Waals surface area contributed by atoms with E-state index in [1.54, 1.807) is 17.3 Å². The maximum absolute atomic E-state index is 13.1. The van der Waals surface area contributed by atoms with Crippen molar-refractivity contribution in [3.05, 3.63) is 30.7 Å². The van der Waals surface area contributed by atoms with Gasteiger partial charge < -0.3 is 25.4 Å². The fourth-order valence-electron chi connectivity index (χ4n) is 4.99. The average Bonchev–Trinajstić information content (AvgIpc) is 3.32. The van der Waals surface area contributed by atoms with Gasteiger partial charge >= 0.3 is 6.03 Å². The number of carbonyl (C=O) groups is 2. The minimum Gasteiger partial charge on any atom is -0.369 e. The van der Waals surface area contributed by atoms with E-state index < -0.39 is 24.3 Å². The van der Waals surface area contributed by atoms with Crippen LogP contribution in [0, 0.1) is 11.8 Å². The number of likely N-dealkylation sites (tertiary alicyclic amines) is 1. The van der Waals surface area contributed by atoms with Crippen LogP contribution in [0.3, 0.4) is 0 Å². The molecule has 0 bridgehead atoms. The van der Waals surface area contributed by atoms with Crippen molar-refractivity contribution >= 4 is 39.6 Å². The first-order chi connectivity index (χ1) is 15.6. The molecule has 10 nitrogen and oxygen atoms in total. The van der Waals surface area contributed by atoms with Crippen LogP contribution in [-0.2, 0) is 9.90 Å². The first-order valence-electron chi connectivity index (χ1n) is 10.9. The van der Waals surface area contributed by atoms with Gasteiger partial charge in [0, 0.05) is 80.0 Å². The van der Waals surface area contributed by atoms with Crippen LogP contribution >= 0.6 is 0 Å². The fraction of sp³-hybridized carbons (Fsp3) is 0.455. The summed E-state index contributed by atoms with van der Waals surface area (Å²) in [5.74, 6) is -1.29. The van der Waals surface area contributed by atoms with Gasteiger partial charge in [0.1, 0.15) is 5.65 Å². The lowest BCUT2D eigenvalue weighted by Gasteiger charge is -2.42. The molecular weight excluding hydrogens is 410 g/mol. The molecule has 3 N–H and O–H groups in total.